The van der Waals surface area contributed by atoms with E-state index in [9.17, 15) is 13.6 Å². The van der Waals surface area contributed by atoms with Gasteiger partial charge in [-0.3, -0.25) is 4.79 Å². The Morgan fingerprint density at radius 1 is 1.04 bits per heavy atom. The Kier molecular flexibility index (Phi) is 3.34. The highest BCUT2D eigenvalue weighted by molar-refractivity contribution is 5.83. The van der Waals surface area contributed by atoms with Gasteiger partial charge in [0.05, 0.1) is 5.52 Å². The maximum absolute atomic E-state index is 13.2. The van der Waals surface area contributed by atoms with Crippen LogP contribution in [0.15, 0.2) is 41.2 Å². The van der Waals surface area contributed by atoms with Crippen LogP contribution in [0, 0.1) is 11.6 Å². The quantitative estimate of drug-likeness (QED) is 0.774. The summed E-state index contributed by atoms with van der Waals surface area (Å²) in [5.74, 6) is -0.653. The van der Waals surface area contributed by atoms with E-state index >= 15 is 0 Å². The summed E-state index contributed by atoms with van der Waals surface area (Å²) in [6, 6.07) is 8.71. The Morgan fingerprint density at radius 2 is 1.83 bits per heavy atom. The fraction of sp³-hybridized carbons (Fsp3) is 0.118. The molecule has 1 aliphatic heterocycles. The van der Waals surface area contributed by atoms with Crippen LogP contribution in [0.25, 0.3) is 10.9 Å². The molecule has 0 unspecified atom stereocenters. The van der Waals surface area contributed by atoms with Gasteiger partial charge in [-0.05, 0) is 24.3 Å². The molecule has 0 saturated carbocycles. The number of nitrogens with one attached hydrogen (secondary N) is 2. The van der Waals surface area contributed by atoms with Crippen molar-refractivity contribution >= 4 is 16.6 Å². The molecule has 0 aliphatic carbocycles. The van der Waals surface area contributed by atoms with Gasteiger partial charge in [-0.1, -0.05) is 0 Å². The molecule has 2 aromatic carbocycles. The van der Waals surface area contributed by atoms with Crippen LogP contribution in [0.1, 0.15) is 5.56 Å². The van der Waals surface area contributed by atoms with Crippen molar-refractivity contribution in [1.82, 2.24) is 4.98 Å². The molecule has 24 heavy (non-hydrogen) atoms. The summed E-state index contributed by atoms with van der Waals surface area (Å²) in [6.45, 7) is 0.325. The molecule has 2 heterocycles. The Bertz CT molecular complexity index is 1000. The summed E-state index contributed by atoms with van der Waals surface area (Å²) < 4.78 is 36.7. The van der Waals surface area contributed by atoms with Crippen molar-refractivity contribution in [3.8, 4) is 11.5 Å². The van der Waals surface area contributed by atoms with Crippen molar-refractivity contribution in [2.75, 3.05) is 12.1 Å². The summed E-state index contributed by atoms with van der Waals surface area (Å²) in [6.07, 6.45) is 0. The van der Waals surface area contributed by atoms with Crippen molar-refractivity contribution in [1.29, 1.82) is 0 Å². The average molecular weight is 330 g/mol. The number of aromatic nitrogens is 1. The molecular weight excluding hydrogens is 318 g/mol. The van der Waals surface area contributed by atoms with E-state index in [2.05, 4.69) is 10.3 Å². The second-order valence-electron chi connectivity index (χ2n) is 5.40. The summed E-state index contributed by atoms with van der Waals surface area (Å²) in [5.41, 5.74) is 1.22. The summed E-state index contributed by atoms with van der Waals surface area (Å²) in [5, 5.41) is 3.70. The largest absolute Gasteiger partial charge is 0.454 e. The predicted octanol–water partition coefficient (Wildman–Crippen LogP) is 3.15. The molecule has 0 amide bonds. The van der Waals surface area contributed by atoms with Gasteiger partial charge in [0.1, 0.15) is 0 Å². The van der Waals surface area contributed by atoms with Crippen molar-refractivity contribution in [2.45, 2.75) is 6.54 Å². The predicted molar refractivity (Wildman–Crippen MR) is 84.4 cm³/mol. The Hall–Kier alpha value is -3.09. The summed E-state index contributed by atoms with van der Waals surface area (Å²) in [7, 11) is 0. The molecule has 0 fully saturated rings. The zero-order valence-corrected chi connectivity index (χ0v) is 12.4. The fourth-order valence-corrected chi connectivity index (χ4v) is 2.58. The first kappa shape index (κ1) is 14.5. The maximum atomic E-state index is 13.2. The van der Waals surface area contributed by atoms with E-state index in [4.69, 9.17) is 9.47 Å². The van der Waals surface area contributed by atoms with E-state index < -0.39 is 11.6 Å². The molecule has 0 atom stereocenters. The minimum absolute atomic E-state index is 0.153. The smallest absolute Gasteiger partial charge is 0.253 e. The highest BCUT2D eigenvalue weighted by atomic mass is 19.2. The van der Waals surface area contributed by atoms with Crippen LogP contribution in [0.4, 0.5) is 14.5 Å². The minimum Gasteiger partial charge on any atom is -0.454 e. The van der Waals surface area contributed by atoms with Gasteiger partial charge in [-0.2, -0.15) is 0 Å². The number of halogens is 2. The van der Waals surface area contributed by atoms with Gasteiger partial charge in [-0.25, -0.2) is 8.78 Å². The third-order valence-electron chi connectivity index (χ3n) is 3.82. The van der Waals surface area contributed by atoms with Gasteiger partial charge in [0.15, 0.2) is 23.1 Å². The van der Waals surface area contributed by atoms with E-state index in [1.54, 1.807) is 18.2 Å². The molecule has 0 saturated heterocycles. The zero-order valence-electron chi connectivity index (χ0n) is 12.4. The minimum atomic E-state index is -0.944. The van der Waals surface area contributed by atoms with Crippen molar-refractivity contribution < 1.29 is 18.3 Å². The Labute approximate surface area is 134 Å². The molecule has 0 spiro atoms. The van der Waals surface area contributed by atoms with Crippen LogP contribution >= 0.6 is 0 Å². The third kappa shape index (κ3) is 2.54. The Morgan fingerprint density at radius 3 is 2.62 bits per heavy atom. The van der Waals surface area contributed by atoms with Crippen LogP contribution in [0.2, 0.25) is 0 Å². The first-order valence-electron chi connectivity index (χ1n) is 7.24. The summed E-state index contributed by atoms with van der Waals surface area (Å²) in [4.78, 5) is 15.0. The maximum Gasteiger partial charge on any atom is 0.253 e. The molecule has 0 bridgehead atoms. The van der Waals surface area contributed by atoms with Gasteiger partial charge >= 0.3 is 0 Å². The zero-order chi connectivity index (χ0) is 16.7. The van der Waals surface area contributed by atoms with Crippen molar-refractivity contribution in [2.24, 2.45) is 0 Å². The number of rotatable bonds is 3. The van der Waals surface area contributed by atoms with Gasteiger partial charge in [0.2, 0.25) is 6.79 Å². The second-order valence-corrected chi connectivity index (χ2v) is 5.40. The van der Waals surface area contributed by atoms with Crippen LogP contribution in [-0.4, -0.2) is 11.8 Å². The van der Waals surface area contributed by atoms with E-state index in [0.29, 0.717) is 28.3 Å². The number of aromatic amines is 1. The topological polar surface area (TPSA) is 63.4 Å². The van der Waals surface area contributed by atoms with Gasteiger partial charge in [0.25, 0.3) is 5.56 Å². The number of ether oxygens (including phenoxy) is 2. The number of H-pyrrole nitrogens is 1. The van der Waals surface area contributed by atoms with Gasteiger partial charge in [-0.15, -0.1) is 0 Å². The highest BCUT2D eigenvalue weighted by Gasteiger charge is 2.15. The monoisotopic (exact) mass is 330 g/mol. The molecule has 1 aromatic heterocycles. The number of anilines is 1. The van der Waals surface area contributed by atoms with Crippen LogP contribution in [0.3, 0.4) is 0 Å². The van der Waals surface area contributed by atoms with Crippen LogP contribution in [-0.2, 0) is 6.54 Å². The Balaban J connectivity index is 1.64. The third-order valence-corrected chi connectivity index (χ3v) is 3.82. The van der Waals surface area contributed by atoms with E-state index in [1.165, 1.54) is 6.07 Å². The molecule has 2 N–H and O–H groups in total. The number of fused-ring (bicyclic) bond motifs is 2. The van der Waals surface area contributed by atoms with Crippen LogP contribution in [0.5, 0.6) is 11.5 Å². The first-order valence-corrected chi connectivity index (χ1v) is 7.24. The lowest BCUT2D eigenvalue weighted by Crippen LogP contribution is -2.15. The second kappa shape index (κ2) is 5.52. The molecule has 3 aromatic rings. The van der Waals surface area contributed by atoms with E-state index in [-0.39, 0.29) is 18.9 Å². The number of hydrogen-bond acceptors (Lipinski definition) is 4. The molecule has 7 heteroatoms. The highest BCUT2D eigenvalue weighted by Crippen LogP contribution is 2.35. The van der Waals surface area contributed by atoms with Gasteiger partial charge < -0.3 is 19.8 Å². The van der Waals surface area contributed by atoms with Crippen LogP contribution < -0.4 is 20.3 Å². The number of pyridine rings is 1. The van der Waals surface area contributed by atoms with Crippen molar-refractivity contribution in [3.05, 3.63) is 63.9 Å². The lowest BCUT2D eigenvalue weighted by atomic mass is 10.1. The lowest BCUT2D eigenvalue weighted by molar-refractivity contribution is 0.174. The molecule has 0 radical (unpaired) electrons. The van der Waals surface area contributed by atoms with Crippen molar-refractivity contribution in [3.63, 3.8) is 0 Å². The van der Waals surface area contributed by atoms with E-state index in [1.807, 2.05) is 0 Å². The lowest BCUT2D eigenvalue weighted by Gasteiger charge is -2.08. The first-order chi connectivity index (χ1) is 11.6. The van der Waals surface area contributed by atoms with E-state index in [0.717, 1.165) is 17.5 Å². The fourth-order valence-electron chi connectivity index (χ4n) is 2.58. The van der Waals surface area contributed by atoms with Gasteiger partial charge in [0, 0.05) is 35.3 Å². The molecule has 5 nitrogen and oxygen atoms in total. The molecule has 4 rings (SSSR count). The summed E-state index contributed by atoms with van der Waals surface area (Å²) >= 11 is 0. The molecule has 1 aliphatic rings. The SMILES string of the molecule is O=c1[nH]c2cc3c(cc2cc1CNc1ccc(F)c(F)c1)OCO3. The molecule has 122 valence electrons. The number of hydrogen-bond donors (Lipinski definition) is 2. The number of benzene rings is 2. The molecular formula is C17H12F2N2O3. The normalized spacial score (nSPS) is 12.6. The average Bonchev–Trinajstić information content (AvgIpc) is 3.01. The standard InChI is InChI=1S/C17H12F2N2O3/c18-12-2-1-11(5-13(12)19)20-7-10-3-9-4-15-16(24-8-23-15)6-14(9)21-17(10)22/h1-6,20H,7-8H2,(H,21,22).